The fraction of sp³-hybridized carbons (Fsp3) is 0.290. The molecule has 188 valence electrons. The van der Waals surface area contributed by atoms with Crippen LogP contribution in [-0.2, 0) is 5.54 Å². The zero-order chi connectivity index (χ0) is 26.8. The van der Waals surface area contributed by atoms with E-state index in [2.05, 4.69) is 32.0 Å². The molecule has 0 aliphatic rings. The number of hydrogen-bond acceptors (Lipinski definition) is 4. The molecule has 37 heavy (non-hydrogen) atoms. The van der Waals surface area contributed by atoms with Crippen molar-refractivity contribution in [3.05, 3.63) is 107 Å². The minimum atomic E-state index is -0.632. The van der Waals surface area contributed by atoms with Gasteiger partial charge in [0.1, 0.15) is 0 Å². The molecule has 0 N–H and O–H groups in total. The second-order valence-electron chi connectivity index (χ2n) is 10.3. The number of benzene rings is 3. The molecule has 0 bridgehead atoms. The molecule has 0 fully saturated rings. The Morgan fingerprint density at radius 2 is 1.05 bits per heavy atom. The van der Waals surface area contributed by atoms with Crippen LogP contribution < -0.4 is 22.2 Å². The Morgan fingerprint density at radius 1 is 0.595 bits per heavy atom. The van der Waals surface area contributed by atoms with Crippen LogP contribution in [0.2, 0.25) is 0 Å². The van der Waals surface area contributed by atoms with Gasteiger partial charge in [0.05, 0.1) is 27.2 Å². The third-order valence-electron chi connectivity index (χ3n) is 8.23. The van der Waals surface area contributed by atoms with E-state index in [1.807, 2.05) is 39.8 Å². The van der Waals surface area contributed by atoms with Crippen molar-refractivity contribution < 1.29 is 0 Å². The summed E-state index contributed by atoms with van der Waals surface area (Å²) in [6.45, 7) is 11.7. The van der Waals surface area contributed by atoms with Crippen LogP contribution in [0.15, 0.2) is 67.7 Å². The van der Waals surface area contributed by atoms with Crippen molar-refractivity contribution in [3.63, 3.8) is 0 Å². The summed E-state index contributed by atoms with van der Waals surface area (Å²) in [4.78, 5) is 53.5. The zero-order valence-corrected chi connectivity index (χ0v) is 22.1. The maximum Gasteiger partial charge on any atom is 0.266 e. The minimum Gasteiger partial charge on any atom is -0.269 e. The zero-order valence-electron chi connectivity index (χ0n) is 22.1. The first-order valence-corrected chi connectivity index (χ1v) is 12.7. The standard InChI is InChI=1S/C31H30N2O4/c1-7-31(6,8-2)33-29(36)24-15-22-23(16-25(24)30(33)37)28(35)32(27(22)34)26-12-11-21(14-19(26)5)20-10-9-17(3)18(4)13-20/h9-16H,7-8H2,1-6H3. The molecule has 6 nitrogen and oxygen atoms in total. The molecule has 3 aromatic carbocycles. The van der Waals surface area contributed by atoms with E-state index in [0.717, 1.165) is 21.3 Å². The quantitative estimate of drug-likeness (QED) is 0.343. The van der Waals surface area contributed by atoms with Crippen LogP contribution in [0.3, 0.4) is 0 Å². The third kappa shape index (κ3) is 3.54. The molecule has 0 aliphatic heterocycles. The average molecular weight is 495 g/mol. The molecule has 0 amide bonds. The van der Waals surface area contributed by atoms with Crippen LogP contribution in [0.25, 0.3) is 38.4 Å². The van der Waals surface area contributed by atoms with E-state index in [-0.39, 0.29) is 21.5 Å². The lowest BCUT2D eigenvalue weighted by molar-refractivity contribution is 0.282. The maximum atomic E-state index is 13.5. The molecule has 0 spiro atoms. The molecular formula is C31H30N2O4. The van der Waals surface area contributed by atoms with Crippen molar-refractivity contribution in [1.82, 2.24) is 9.13 Å². The molecule has 5 aromatic rings. The number of hydrogen-bond donors (Lipinski definition) is 0. The molecule has 2 aromatic heterocycles. The van der Waals surface area contributed by atoms with Gasteiger partial charge in [0.25, 0.3) is 22.2 Å². The topological polar surface area (TPSA) is 78.1 Å². The van der Waals surface area contributed by atoms with E-state index in [1.54, 1.807) is 6.07 Å². The lowest BCUT2D eigenvalue weighted by Crippen LogP contribution is -2.42. The van der Waals surface area contributed by atoms with Gasteiger partial charge < -0.3 is 0 Å². The van der Waals surface area contributed by atoms with Crippen molar-refractivity contribution in [1.29, 1.82) is 0 Å². The molecule has 0 radical (unpaired) electrons. The van der Waals surface area contributed by atoms with Crippen LogP contribution in [0, 0.1) is 20.8 Å². The van der Waals surface area contributed by atoms with Crippen molar-refractivity contribution >= 4 is 21.5 Å². The number of nitrogens with zero attached hydrogens (tertiary/aromatic N) is 2. The van der Waals surface area contributed by atoms with Gasteiger partial charge in [-0.2, -0.15) is 0 Å². The molecule has 6 heteroatoms. The Balaban J connectivity index is 1.71. The summed E-state index contributed by atoms with van der Waals surface area (Å²) < 4.78 is 2.43. The molecule has 0 unspecified atom stereocenters. The fourth-order valence-electron chi connectivity index (χ4n) is 5.26. The van der Waals surface area contributed by atoms with Crippen LogP contribution >= 0.6 is 0 Å². The Morgan fingerprint density at radius 3 is 1.51 bits per heavy atom. The summed E-state index contributed by atoms with van der Waals surface area (Å²) in [6.07, 6.45) is 1.22. The first-order chi connectivity index (χ1) is 17.5. The van der Waals surface area contributed by atoms with Crippen LogP contribution in [0.5, 0.6) is 0 Å². The van der Waals surface area contributed by atoms with E-state index < -0.39 is 27.8 Å². The summed E-state index contributed by atoms with van der Waals surface area (Å²) in [5.41, 5.74) is 3.28. The van der Waals surface area contributed by atoms with Crippen molar-refractivity contribution in [2.45, 2.75) is 59.9 Å². The first kappa shape index (κ1) is 24.6. The average Bonchev–Trinajstić information content (AvgIpc) is 3.28. The van der Waals surface area contributed by atoms with Gasteiger partial charge in [-0.3, -0.25) is 23.7 Å². The van der Waals surface area contributed by atoms with Crippen molar-refractivity contribution in [2.24, 2.45) is 0 Å². The lowest BCUT2D eigenvalue weighted by atomic mass is 9.95. The highest BCUT2D eigenvalue weighted by Crippen LogP contribution is 2.27. The lowest BCUT2D eigenvalue weighted by Gasteiger charge is -2.27. The first-order valence-electron chi connectivity index (χ1n) is 12.7. The highest BCUT2D eigenvalue weighted by Gasteiger charge is 2.29. The Hall–Kier alpha value is -4.06. The third-order valence-corrected chi connectivity index (χ3v) is 8.23. The molecule has 2 heterocycles. The predicted octanol–water partition coefficient (Wildman–Crippen LogP) is 5.03. The van der Waals surface area contributed by atoms with Gasteiger partial charge in [0, 0.05) is 5.54 Å². The van der Waals surface area contributed by atoms with Gasteiger partial charge in [-0.25, -0.2) is 4.57 Å². The van der Waals surface area contributed by atoms with Gasteiger partial charge in [-0.15, -0.1) is 0 Å². The van der Waals surface area contributed by atoms with Gasteiger partial charge in [0.2, 0.25) is 0 Å². The maximum absolute atomic E-state index is 13.5. The largest absolute Gasteiger partial charge is 0.269 e. The van der Waals surface area contributed by atoms with E-state index in [4.69, 9.17) is 0 Å². The second-order valence-corrected chi connectivity index (χ2v) is 10.3. The fourth-order valence-corrected chi connectivity index (χ4v) is 5.26. The Labute approximate surface area is 214 Å². The highest BCUT2D eigenvalue weighted by molar-refractivity contribution is 5.98. The number of fused-ring (bicyclic) bond motifs is 2. The Bertz CT molecular complexity index is 1850. The van der Waals surface area contributed by atoms with E-state index >= 15 is 0 Å². The molecule has 0 aliphatic carbocycles. The van der Waals surface area contributed by atoms with E-state index in [1.165, 1.54) is 27.8 Å². The highest BCUT2D eigenvalue weighted by atomic mass is 16.2. The SMILES string of the molecule is CCC(C)(CC)n1c(=O)c2cc3c(=O)n(-c4ccc(-c5ccc(C)c(C)c5)cc4C)c(=O)c3cc2c1=O. The minimum absolute atomic E-state index is 0.152. The number of aryl methyl sites for hydroxylation is 3. The number of rotatable bonds is 5. The van der Waals surface area contributed by atoms with E-state index in [9.17, 15) is 19.2 Å². The smallest absolute Gasteiger partial charge is 0.266 e. The summed E-state index contributed by atoms with van der Waals surface area (Å²) in [7, 11) is 0. The van der Waals surface area contributed by atoms with Crippen LogP contribution in [0.1, 0.15) is 50.3 Å². The van der Waals surface area contributed by atoms with Gasteiger partial charge in [-0.1, -0.05) is 38.1 Å². The normalized spacial score (nSPS) is 12.2. The van der Waals surface area contributed by atoms with Crippen LogP contribution in [-0.4, -0.2) is 9.13 Å². The van der Waals surface area contributed by atoms with Gasteiger partial charge in [-0.05, 0) is 92.6 Å². The van der Waals surface area contributed by atoms with Crippen molar-refractivity contribution in [2.75, 3.05) is 0 Å². The van der Waals surface area contributed by atoms with Crippen LogP contribution in [0.4, 0.5) is 0 Å². The van der Waals surface area contributed by atoms with Gasteiger partial charge in [0.15, 0.2) is 0 Å². The second kappa shape index (κ2) is 8.51. The van der Waals surface area contributed by atoms with E-state index in [0.29, 0.717) is 18.5 Å². The molecule has 0 saturated carbocycles. The summed E-state index contributed by atoms with van der Waals surface area (Å²) in [5, 5.41) is 0.668. The van der Waals surface area contributed by atoms with Gasteiger partial charge >= 0.3 is 0 Å². The molecule has 5 rings (SSSR count). The summed E-state index contributed by atoms with van der Waals surface area (Å²) >= 11 is 0. The predicted molar refractivity (Wildman–Crippen MR) is 150 cm³/mol. The molecule has 0 saturated heterocycles. The Kier molecular flexibility index (Phi) is 5.66. The monoisotopic (exact) mass is 494 g/mol. The summed E-state index contributed by atoms with van der Waals surface area (Å²) in [6, 6.07) is 14.7. The van der Waals surface area contributed by atoms with Crippen molar-refractivity contribution in [3.8, 4) is 16.8 Å². The number of aromatic nitrogens is 2. The summed E-state index contributed by atoms with van der Waals surface area (Å²) in [5.74, 6) is 0. The molecular weight excluding hydrogens is 464 g/mol. The molecule has 0 atom stereocenters.